The van der Waals surface area contributed by atoms with Crippen molar-refractivity contribution < 1.29 is 21.9 Å². The van der Waals surface area contributed by atoms with E-state index in [1.165, 1.54) is 23.0 Å². The van der Waals surface area contributed by atoms with Crippen molar-refractivity contribution in [3.63, 3.8) is 0 Å². The summed E-state index contributed by atoms with van der Waals surface area (Å²) < 4.78 is 65.5. The quantitative estimate of drug-likeness (QED) is 0.286. The van der Waals surface area contributed by atoms with Crippen LogP contribution in [-0.2, 0) is 26.7 Å². The van der Waals surface area contributed by atoms with Crippen LogP contribution in [0.2, 0.25) is 0 Å². The molecule has 0 unspecified atom stereocenters. The summed E-state index contributed by atoms with van der Waals surface area (Å²) in [6, 6.07) is 9.90. The number of rotatable bonds is 6. The predicted octanol–water partition coefficient (Wildman–Crippen LogP) is 3.30. The number of pyridine rings is 1. The van der Waals surface area contributed by atoms with Gasteiger partial charge in [0.2, 0.25) is 0 Å². The van der Waals surface area contributed by atoms with Crippen LogP contribution in [0.25, 0.3) is 33.2 Å². The maximum Gasteiger partial charge on any atom is 0.175 e. The second-order valence-electron chi connectivity index (χ2n) is 10.8. The van der Waals surface area contributed by atoms with E-state index in [1.807, 2.05) is 0 Å². The van der Waals surface area contributed by atoms with Gasteiger partial charge in [-0.25, -0.2) is 21.9 Å². The van der Waals surface area contributed by atoms with Gasteiger partial charge >= 0.3 is 0 Å². The lowest BCUT2D eigenvalue weighted by Crippen LogP contribution is -2.28. The number of aryl methyl sites for hydroxylation is 1. The van der Waals surface area contributed by atoms with E-state index in [0.717, 1.165) is 12.3 Å². The van der Waals surface area contributed by atoms with E-state index in [0.29, 0.717) is 48.4 Å². The van der Waals surface area contributed by atoms with Crippen molar-refractivity contribution in [2.24, 2.45) is 13.0 Å². The Bertz CT molecular complexity index is 1950. The molecule has 4 heterocycles. The molecule has 0 spiro atoms. The van der Waals surface area contributed by atoms with E-state index in [2.05, 4.69) is 15.3 Å². The highest BCUT2D eigenvalue weighted by atomic mass is 32.2. The van der Waals surface area contributed by atoms with E-state index in [9.17, 15) is 8.42 Å². The Labute approximate surface area is 245 Å². The number of hydrogen-bond donors (Lipinski definition) is 0. The molecule has 3 aromatic heterocycles. The van der Waals surface area contributed by atoms with Crippen LogP contribution < -0.4 is 0 Å². The lowest BCUT2D eigenvalue weighted by molar-refractivity contribution is 0.0548. The van der Waals surface area contributed by atoms with Crippen molar-refractivity contribution in [3.8, 4) is 11.3 Å². The molecule has 0 aliphatic carbocycles. The molecular formula is C28H24B3F2N5O3S. The summed E-state index contributed by atoms with van der Waals surface area (Å²) in [6.45, 7) is 0.934. The van der Waals surface area contributed by atoms with Gasteiger partial charge in [-0.1, -0.05) is 28.5 Å². The first-order valence-corrected chi connectivity index (χ1v) is 15.2. The van der Waals surface area contributed by atoms with Crippen molar-refractivity contribution in [1.82, 2.24) is 24.5 Å². The Hall–Kier alpha value is -3.51. The first-order chi connectivity index (χ1) is 19.9. The summed E-state index contributed by atoms with van der Waals surface area (Å²) in [4.78, 5) is 4.43. The number of fused-ring (bicyclic) bond motifs is 3. The minimum Gasteiger partial charge on any atom is -0.381 e. The van der Waals surface area contributed by atoms with Crippen molar-refractivity contribution in [1.29, 1.82) is 0 Å². The second-order valence-corrected chi connectivity index (χ2v) is 12.8. The summed E-state index contributed by atoms with van der Waals surface area (Å²) in [7, 11) is 15.8. The van der Waals surface area contributed by atoms with Gasteiger partial charge in [0.1, 0.15) is 11.6 Å². The standard InChI is InChI=1S/C28H24B3F2N5O3S/c1-37-26(27(35-36-37)28(29,30)31)16-11-22-24(34-14-16)23-20(33)12-17(42(2,39)40)13-21(23)38(22)25(15-7-9-41-10-8-15)18-5-3-4-6-19(18)32/h3-6,11-15,25H,7-10H2,1-2H3/t25-/m0/s1. The molecule has 6 radical (unpaired) electrons. The van der Waals surface area contributed by atoms with Crippen molar-refractivity contribution >= 4 is 55.3 Å². The Balaban J connectivity index is 1.75. The summed E-state index contributed by atoms with van der Waals surface area (Å²) in [6.07, 6.45) is 3.72. The van der Waals surface area contributed by atoms with Gasteiger partial charge in [-0.2, -0.15) is 0 Å². The summed E-state index contributed by atoms with van der Waals surface area (Å²) in [5, 5.41) is 6.37. The molecule has 14 heteroatoms. The summed E-state index contributed by atoms with van der Waals surface area (Å²) in [5.41, 5.74) is 2.33. The molecule has 0 saturated carbocycles. The molecule has 208 valence electrons. The zero-order valence-corrected chi connectivity index (χ0v) is 23.8. The van der Waals surface area contributed by atoms with Gasteiger partial charge in [0.05, 0.1) is 67.8 Å². The van der Waals surface area contributed by atoms with Crippen molar-refractivity contribution in [2.45, 2.75) is 28.9 Å². The van der Waals surface area contributed by atoms with E-state index >= 15 is 8.78 Å². The van der Waals surface area contributed by atoms with Crippen molar-refractivity contribution in [3.05, 3.63) is 71.6 Å². The van der Waals surface area contributed by atoms with Crippen LogP contribution in [0.1, 0.15) is 30.1 Å². The van der Waals surface area contributed by atoms with Crippen LogP contribution in [-0.4, -0.2) is 76.0 Å². The zero-order valence-electron chi connectivity index (χ0n) is 23.0. The molecule has 0 N–H and O–H groups in total. The fraction of sp³-hybridized carbons (Fsp3) is 0.321. The molecule has 0 amide bonds. The normalized spacial score (nSPS) is 15.9. The van der Waals surface area contributed by atoms with E-state index in [-0.39, 0.29) is 32.9 Å². The lowest BCUT2D eigenvalue weighted by Gasteiger charge is -2.33. The number of sulfone groups is 1. The zero-order chi connectivity index (χ0) is 30.0. The smallest absolute Gasteiger partial charge is 0.175 e. The molecule has 42 heavy (non-hydrogen) atoms. The van der Waals surface area contributed by atoms with Gasteiger partial charge in [-0.15, -0.1) is 5.10 Å². The van der Waals surface area contributed by atoms with Gasteiger partial charge in [0, 0.05) is 43.8 Å². The number of hydrogen-bond acceptors (Lipinski definition) is 6. The molecular weight excluding hydrogens is 557 g/mol. The minimum atomic E-state index is -3.79. The Morgan fingerprint density at radius 3 is 2.43 bits per heavy atom. The van der Waals surface area contributed by atoms with E-state index in [4.69, 9.17) is 28.3 Å². The average Bonchev–Trinajstić information content (AvgIpc) is 3.48. The van der Waals surface area contributed by atoms with Crippen LogP contribution in [0, 0.1) is 17.6 Å². The molecule has 2 aromatic carbocycles. The summed E-state index contributed by atoms with van der Waals surface area (Å²) in [5.74, 6) is -1.32. The lowest BCUT2D eigenvalue weighted by atomic mass is 9.41. The maximum absolute atomic E-state index is 15.9. The topological polar surface area (TPSA) is 91.9 Å². The molecule has 1 fully saturated rings. The molecule has 1 aliphatic heterocycles. The third-order valence-corrected chi connectivity index (χ3v) is 8.91. The van der Waals surface area contributed by atoms with Gasteiger partial charge in [0.25, 0.3) is 0 Å². The number of halogens is 2. The van der Waals surface area contributed by atoms with Gasteiger partial charge < -0.3 is 9.30 Å². The summed E-state index contributed by atoms with van der Waals surface area (Å²) >= 11 is 0. The molecule has 5 aromatic rings. The predicted molar refractivity (Wildman–Crippen MR) is 157 cm³/mol. The SMILES string of the molecule is [B]C([B])([B])c1nnn(C)c1-c1cnc2c3c(F)cc(S(C)(=O)=O)cc3n([C@H](c3ccccc3F)C3CCOCC3)c2c1. The maximum atomic E-state index is 15.9. The van der Waals surface area contributed by atoms with Gasteiger partial charge in [0.15, 0.2) is 9.84 Å². The van der Waals surface area contributed by atoms with Crippen LogP contribution >= 0.6 is 0 Å². The number of ether oxygens (including phenoxy) is 1. The third-order valence-electron chi connectivity index (χ3n) is 7.82. The highest BCUT2D eigenvalue weighted by Gasteiger charge is 2.33. The van der Waals surface area contributed by atoms with Gasteiger partial charge in [-0.3, -0.25) is 4.98 Å². The first kappa shape index (κ1) is 28.6. The van der Waals surface area contributed by atoms with E-state index < -0.39 is 32.6 Å². The van der Waals surface area contributed by atoms with Crippen LogP contribution in [0.5, 0.6) is 0 Å². The first-order valence-electron chi connectivity index (χ1n) is 13.3. The fourth-order valence-corrected chi connectivity index (χ4v) is 6.56. The largest absolute Gasteiger partial charge is 0.381 e. The molecule has 8 nitrogen and oxygen atoms in total. The van der Waals surface area contributed by atoms with E-state index in [1.54, 1.807) is 35.9 Å². The number of nitrogens with zero attached hydrogens (tertiary/aromatic N) is 5. The number of aromatic nitrogens is 5. The third kappa shape index (κ3) is 4.84. The molecule has 1 aliphatic rings. The monoisotopic (exact) mass is 581 g/mol. The van der Waals surface area contributed by atoms with Crippen LogP contribution in [0.15, 0.2) is 53.6 Å². The minimum absolute atomic E-state index is 0.106. The Kier molecular flexibility index (Phi) is 7.04. The van der Waals surface area contributed by atoms with Gasteiger partial charge in [-0.05, 0) is 43.0 Å². The Morgan fingerprint density at radius 1 is 1.05 bits per heavy atom. The molecule has 1 atom stereocenters. The van der Waals surface area contributed by atoms with Crippen molar-refractivity contribution in [2.75, 3.05) is 19.5 Å². The molecule has 0 bridgehead atoms. The highest BCUT2D eigenvalue weighted by molar-refractivity contribution is 7.90. The second kappa shape index (κ2) is 10.3. The van der Waals surface area contributed by atoms with Crippen LogP contribution in [0.3, 0.4) is 0 Å². The molecule has 6 rings (SSSR count). The fourth-order valence-electron chi connectivity index (χ4n) is 5.92. The molecule has 1 saturated heterocycles. The van der Waals surface area contributed by atoms with Crippen LogP contribution in [0.4, 0.5) is 8.78 Å². The average molecular weight is 581 g/mol. The number of benzene rings is 2. The highest BCUT2D eigenvalue weighted by Crippen LogP contribution is 2.43. The Morgan fingerprint density at radius 2 is 1.76 bits per heavy atom.